The maximum Gasteiger partial charge on any atom is 0.313 e. The van der Waals surface area contributed by atoms with Crippen molar-refractivity contribution in [1.82, 2.24) is 0 Å². The Morgan fingerprint density at radius 3 is 2.65 bits per heavy atom. The van der Waals surface area contributed by atoms with Gasteiger partial charge in [0.2, 0.25) is 0 Å². The van der Waals surface area contributed by atoms with Crippen LogP contribution in [0.25, 0.3) is 10.8 Å². The van der Waals surface area contributed by atoms with Gasteiger partial charge in [0.1, 0.15) is 0 Å². The molecule has 2 rings (SSSR count). The van der Waals surface area contributed by atoms with Crippen molar-refractivity contribution in [2.45, 2.75) is 0 Å². The zero-order valence-corrected chi connectivity index (χ0v) is 10.6. The molecule has 0 saturated carbocycles. The number of fused-ring (bicyclic) bond motifs is 1. The van der Waals surface area contributed by atoms with E-state index >= 15 is 0 Å². The molecule has 0 spiro atoms. The van der Waals surface area contributed by atoms with Crippen LogP contribution >= 0.6 is 24.0 Å². The minimum absolute atomic E-state index is 0.00204. The van der Waals surface area contributed by atoms with Gasteiger partial charge in [-0.25, -0.2) is 0 Å². The van der Waals surface area contributed by atoms with Crippen LogP contribution in [0.5, 0.6) is 0 Å². The molecule has 0 fully saturated rings. The first-order valence-electron chi connectivity index (χ1n) is 5.05. The van der Waals surface area contributed by atoms with Gasteiger partial charge in [-0.15, -0.1) is 11.8 Å². The summed E-state index contributed by atoms with van der Waals surface area (Å²) in [6, 6.07) is 13.8. The lowest BCUT2D eigenvalue weighted by atomic mass is 10.1. The van der Waals surface area contributed by atoms with Crippen LogP contribution in [0.1, 0.15) is 5.56 Å². The Bertz CT molecular complexity index is 573. The summed E-state index contributed by atoms with van der Waals surface area (Å²) in [5, 5.41) is 10.8. The molecule has 0 aromatic heterocycles. The minimum atomic E-state index is -0.849. The summed E-state index contributed by atoms with van der Waals surface area (Å²) in [5.74, 6) is -0.847. The molecule has 0 amide bonds. The molecule has 86 valence electrons. The number of hydrogen-bond donors (Lipinski definition) is 1. The first-order chi connectivity index (χ1) is 8.18. The lowest BCUT2D eigenvalue weighted by Gasteiger charge is -2.06. The van der Waals surface area contributed by atoms with Gasteiger partial charge in [-0.2, -0.15) is 0 Å². The van der Waals surface area contributed by atoms with E-state index in [0.717, 1.165) is 16.3 Å². The second-order valence-corrected chi connectivity index (χ2v) is 5.15. The van der Waals surface area contributed by atoms with Crippen LogP contribution in [-0.4, -0.2) is 21.0 Å². The number of rotatable bonds is 3. The molecule has 2 aromatic carbocycles. The molecule has 0 aliphatic rings. The number of carbonyl (C=O) groups is 1. The van der Waals surface area contributed by atoms with Crippen LogP contribution in [-0.2, 0) is 4.79 Å². The number of thioether (sulfide) groups is 1. The van der Waals surface area contributed by atoms with E-state index in [4.69, 9.17) is 17.3 Å². The summed E-state index contributed by atoms with van der Waals surface area (Å²) in [6.45, 7) is 0. The molecule has 0 unspecified atom stereocenters. The van der Waals surface area contributed by atoms with Gasteiger partial charge in [0.05, 0.1) is 9.95 Å². The zero-order valence-electron chi connectivity index (χ0n) is 8.92. The van der Waals surface area contributed by atoms with Crippen molar-refractivity contribution < 1.29 is 9.90 Å². The summed E-state index contributed by atoms with van der Waals surface area (Å²) in [5.41, 5.74) is 0.935. The third-order valence-corrected chi connectivity index (χ3v) is 3.78. The average Bonchev–Trinajstić information content (AvgIpc) is 2.35. The van der Waals surface area contributed by atoms with E-state index in [1.807, 2.05) is 42.5 Å². The average molecular weight is 262 g/mol. The normalized spacial score (nSPS) is 10.4. The number of benzene rings is 2. The molecular weight excluding hydrogens is 252 g/mol. The molecule has 2 aromatic rings. The highest BCUT2D eigenvalue weighted by Crippen LogP contribution is 2.23. The SMILES string of the molecule is O=C(O)CSC(=S)c1cccc2ccccc12. The molecule has 0 aliphatic carbocycles. The molecular formula is C13H10O2S2. The molecule has 0 aliphatic heterocycles. The van der Waals surface area contributed by atoms with E-state index in [1.54, 1.807) is 0 Å². The van der Waals surface area contributed by atoms with Gasteiger partial charge < -0.3 is 5.11 Å². The van der Waals surface area contributed by atoms with Crippen molar-refractivity contribution in [1.29, 1.82) is 0 Å². The quantitative estimate of drug-likeness (QED) is 0.861. The van der Waals surface area contributed by atoms with Crippen LogP contribution in [0.15, 0.2) is 42.5 Å². The van der Waals surface area contributed by atoms with E-state index in [0.29, 0.717) is 4.20 Å². The van der Waals surface area contributed by atoms with E-state index in [1.165, 1.54) is 11.8 Å². The second kappa shape index (κ2) is 5.29. The smallest absolute Gasteiger partial charge is 0.313 e. The van der Waals surface area contributed by atoms with E-state index < -0.39 is 5.97 Å². The van der Waals surface area contributed by atoms with Gasteiger partial charge in [-0.3, -0.25) is 4.79 Å². The fourth-order valence-corrected chi connectivity index (χ4v) is 2.55. The van der Waals surface area contributed by atoms with Crippen LogP contribution in [0.3, 0.4) is 0 Å². The zero-order chi connectivity index (χ0) is 12.3. The summed E-state index contributed by atoms with van der Waals surface area (Å²) >= 11 is 6.45. The highest BCUT2D eigenvalue weighted by atomic mass is 32.2. The topological polar surface area (TPSA) is 37.3 Å². The van der Waals surface area contributed by atoms with Gasteiger partial charge >= 0.3 is 5.97 Å². The highest BCUT2D eigenvalue weighted by Gasteiger charge is 2.08. The number of thiocarbonyl (C=S) groups is 1. The molecule has 0 atom stereocenters. The Morgan fingerprint density at radius 1 is 1.18 bits per heavy atom. The van der Waals surface area contributed by atoms with Gasteiger partial charge in [0.15, 0.2) is 0 Å². The second-order valence-electron chi connectivity index (χ2n) is 3.50. The van der Waals surface area contributed by atoms with Gasteiger partial charge in [-0.05, 0) is 10.8 Å². The Kier molecular flexibility index (Phi) is 3.76. The van der Waals surface area contributed by atoms with Crippen molar-refractivity contribution in [2.75, 3.05) is 5.75 Å². The van der Waals surface area contributed by atoms with Gasteiger partial charge in [0, 0.05) is 5.56 Å². The fraction of sp³-hybridized carbons (Fsp3) is 0.0769. The van der Waals surface area contributed by atoms with Crippen LogP contribution in [0, 0.1) is 0 Å². The number of carboxylic acid groups (broad SMARTS) is 1. The van der Waals surface area contributed by atoms with Crippen molar-refractivity contribution in [3.8, 4) is 0 Å². The number of carboxylic acids is 1. The first kappa shape index (κ1) is 12.1. The Hall–Kier alpha value is -1.39. The number of aliphatic carboxylic acids is 1. The van der Waals surface area contributed by atoms with Crippen molar-refractivity contribution in [2.24, 2.45) is 0 Å². The minimum Gasteiger partial charge on any atom is -0.481 e. The maximum absolute atomic E-state index is 10.5. The van der Waals surface area contributed by atoms with E-state index in [-0.39, 0.29) is 5.75 Å². The van der Waals surface area contributed by atoms with Crippen molar-refractivity contribution in [3.05, 3.63) is 48.0 Å². The predicted octanol–water partition coefficient (Wildman–Crippen LogP) is 3.33. The van der Waals surface area contributed by atoms with Crippen LogP contribution in [0.4, 0.5) is 0 Å². The molecule has 0 heterocycles. The summed E-state index contributed by atoms with van der Waals surface area (Å²) in [4.78, 5) is 10.5. The Morgan fingerprint density at radius 2 is 1.88 bits per heavy atom. The van der Waals surface area contributed by atoms with Gasteiger partial charge in [0.25, 0.3) is 0 Å². The molecule has 0 saturated heterocycles. The standard InChI is InChI=1S/C13H10O2S2/c14-12(15)8-17-13(16)11-7-3-5-9-4-1-2-6-10(9)11/h1-7H,8H2,(H,14,15). The third kappa shape index (κ3) is 2.84. The molecule has 2 nitrogen and oxygen atoms in total. The molecule has 1 N–H and O–H groups in total. The Labute approximate surface area is 109 Å². The van der Waals surface area contributed by atoms with Crippen molar-refractivity contribution >= 4 is 44.9 Å². The lowest BCUT2D eigenvalue weighted by Crippen LogP contribution is -2.02. The summed E-state index contributed by atoms with van der Waals surface area (Å²) in [7, 11) is 0. The lowest BCUT2D eigenvalue weighted by molar-refractivity contribution is -0.133. The monoisotopic (exact) mass is 262 g/mol. The fourth-order valence-electron chi connectivity index (χ4n) is 1.61. The Balaban J connectivity index is 2.35. The highest BCUT2D eigenvalue weighted by molar-refractivity contribution is 8.24. The summed E-state index contributed by atoms with van der Waals surface area (Å²) < 4.78 is 0.629. The maximum atomic E-state index is 10.5. The largest absolute Gasteiger partial charge is 0.481 e. The first-order valence-corrected chi connectivity index (χ1v) is 6.44. The predicted molar refractivity (Wildman–Crippen MR) is 75.7 cm³/mol. The number of hydrogen-bond acceptors (Lipinski definition) is 3. The third-order valence-electron chi connectivity index (χ3n) is 2.34. The molecule has 17 heavy (non-hydrogen) atoms. The molecule has 4 heteroatoms. The summed E-state index contributed by atoms with van der Waals surface area (Å²) in [6.07, 6.45) is 0. The van der Waals surface area contributed by atoms with Gasteiger partial charge in [-0.1, -0.05) is 54.7 Å². The molecule has 0 bridgehead atoms. The van der Waals surface area contributed by atoms with Crippen LogP contribution in [0.2, 0.25) is 0 Å². The van der Waals surface area contributed by atoms with E-state index in [2.05, 4.69) is 0 Å². The van der Waals surface area contributed by atoms with Crippen LogP contribution < -0.4 is 0 Å². The van der Waals surface area contributed by atoms with Crippen molar-refractivity contribution in [3.63, 3.8) is 0 Å². The van der Waals surface area contributed by atoms with E-state index in [9.17, 15) is 4.79 Å². The molecule has 0 radical (unpaired) electrons.